The molecule has 2 fully saturated rings. The molecule has 0 saturated carbocycles. The van der Waals surface area contributed by atoms with E-state index in [4.69, 9.17) is 21.3 Å². The standard InChI is InChI=1S/C29H37ClN4O/c1-4-5-12-27(35-3)32-29(34-18-22-13-14-23(19-34)31-22)24-15-16-33(17-20(24)2)26-11-7-9-21-8-6-10-25(30)28(21)26/h6-12,22-23,31H,4-5,13-19H2,1-3H3/b27-12-,32-29+. The molecule has 0 spiro atoms. The van der Waals surface area contributed by atoms with Gasteiger partial charge in [-0.25, -0.2) is 0 Å². The Morgan fingerprint density at radius 1 is 1.17 bits per heavy atom. The number of anilines is 1. The summed E-state index contributed by atoms with van der Waals surface area (Å²) in [4.78, 5) is 10.1. The average molecular weight is 493 g/mol. The number of halogens is 1. The number of ether oxygens (including phenoxy) is 1. The van der Waals surface area contributed by atoms with Gasteiger partial charge in [-0.15, -0.1) is 0 Å². The predicted molar refractivity (Wildman–Crippen MR) is 147 cm³/mol. The van der Waals surface area contributed by atoms with Crippen molar-refractivity contribution >= 4 is 33.9 Å². The number of nitrogens with zero attached hydrogens (tertiary/aromatic N) is 3. The van der Waals surface area contributed by atoms with Crippen molar-refractivity contribution < 1.29 is 4.74 Å². The van der Waals surface area contributed by atoms with Gasteiger partial charge in [-0.3, -0.25) is 0 Å². The van der Waals surface area contributed by atoms with Crippen molar-refractivity contribution in [3.63, 3.8) is 0 Å². The fraction of sp³-hybridized carbons (Fsp3) is 0.483. The maximum Gasteiger partial charge on any atom is 0.210 e. The van der Waals surface area contributed by atoms with E-state index in [-0.39, 0.29) is 0 Å². The summed E-state index contributed by atoms with van der Waals surface area (Å²) in [5.41, 5.74) is 3.95. The Morgan fingerprint density at radius 2 is 1.91 bits per heavy atom. The number of piperazine rings is 1. The van der Waals surface area contributed by atoms with Crippen LogP contribution in [0.25, 0.3) is 10.8 Å². The monoisotopic (exact) mass is 492 g/mol. The van der Waals surface area contributed by atoms with E-state index >= 15 is 0 Å². The number of hydrogen-bond acceptors (Lipinski definition) is 4. The van der Waals surface area contributed by atoms with E-state index in [1.807, 2.05) is 12.1 Å². The molecule has 2 atom stereocenters. The summed E-state index contributed by atoms with van der Waals surface area (Å²) in [5.74, 6) is 1.84. The highest BCUT2D eigenvalue weighted by Crippen LogP contribution is 2.36. The molecule has 2 aromatic rings. The van der Waals surface area contributed by atoms with Gasteiger partial charge in [-0.1, -0.05) is 49.2 Å². The zero-order chi connectivity index (χ0) is 24.4. The molecule has 2 unspecified atom stereocenters. The number of methoxy groups -OCH3 is 1. The molecule has 3 aliphatic rings. The van der Waals surface area contributed by atoms with Gasteiger partial charge in [0.2, 0.25) is 5.88 Å². The van der Waals surface area contributed by atoms with E-state index in [2.05, 4.69) is 59.3 Å². The van der Waals surface area contributed by atoms with Gasteiger partial charge in [-0.2, -0.15) is 4.99 Å². The van der Waals surface area contributed by atoms with Gasteiger partial charge >= 0.3 is 0 Å². The van der Waals surface area contributed by atoms with Crippen molar-refractivity contribution in [1.29, 1.82) is 0 Å². The van der Waals surface area contributed by atoms with Crippen LogP contribution in [0.1, 0.15) is 46.0 Å². The van der Waals surface area contributed by atoms with Gasteiger partial charge in [0.05, 0.1) is 12.1 Å². The molecular formula is C29H37ClN4O. The second-order valence-electron chi connectivity index (χ2n) is 10.1. The first kappa shape index (κ1) is 24.2. The van der Waals surface area contributed by atoms with E-state index in [9.17, 15) is 0 Å². The molecule has 35 heavy (non-hydrogen) atoms. The largest absolute Gasteiger partial charge is 0.481 e. The lowest BCUT2D eigenvalue weighted by Gasteiger charge is -2.39. The minimum atomic E-state index is 0.559. The summed E-state index contributed by atoms with van der Waals surface area (Å²) in [6.07, 6.45) is 7.64. The van der Waals surface area contributed by atoms with Crippen LogP contribution < -0.4 is 10.2 Å². The summed E-state index contributed by atoms with van der Waals surface area (Å²) < 4.78 is 5.70. The second-order valence-corrected chi connectivity index (χ2v) is 10.5. The first-order valence-corrected chi connectivity index (χ1v) is 13.4. The molecule has 2 aromatic carbocycles. The second kappa shape index (κ2) is 10.6. The van der Waals surface area contributed by atoms with Gasteiger partial charge in [-0.05, 0) is 67.3 Å². The highest BCUT2D eigenvalue weighted by molar-refractivity contribution is 6.36. The van der Waals surface area contributed by atoms with Crippen LogP contribution in [0.2, 0.25) is 5.02 Å². The first-order chi connectivity index (χ1) is 17.1. The fourth-order valence-corrected chi connectivity index (χ4v) is 6.09. The van der Waals surface area contributed by atoms with Crippen molar-refractivity contribution in [1.82, 2.24) is 10.2 Å². The van der Waals surface area contributed by atoms with Crippen LogP contribution in [0.5, 0.6) is 0 Å². The van der Waals surface area contributed by atoms with Gasteiger partial charge in [0.1, 0.15) is 5.84 Å². The maximum absolute atomic E-state index is 6.66. The zero-order valence-corrected chi connectivity index (χ0v) is 21.9. The third-order valence-corrected chi connectivity index (χ3v) is 7.88. The number of rotatable bonds is 6. The number of likely N-dealkylation sites (tertiary alicyclic amines) is 1. The molecule has 5 nitrogen and oxygen atoms in total. The predicted octanol–water partition coefficient (Wildman–Crippen LogP) is 6.14. The Morgan fingerprint density at radius 3 is 2.60 bits per heavy atom. The number of nitrogens with one attached hydrogen (secondary N) is 1. The molecule has 1 N–H and O–H groups in total. The van der Waals surface area contributed by atoms with Gasteiger partial charge in [0, 0.05) is 49.3 Å². The number of benzene rings is 2. The van der Waals surface area contributed by atoms with Gasteiger partial charge in [0.25, 0.3) is 0 Å². The minimum absolute atomic E-state index is 0.559. The minimum Gasteiger partial charge on any atom is -0.481 e. The highest BCUT2D eigenvalue weighted by Gasteiger charge is 2.35. The molecule has 0 amide bonds. The molecule has 2 saturated heterocycles. The topological polar surface area (TPSA) is 40.1 Å². The molecule has 6 heteroatoms. The third kappa shape index (κ3) is 5.07. The summed E-state index contributed by atoms with van der Waals surface area (Å²) in [6, 6.07) is 13.7. The Labute approximate surface area is 214 Å². The van der Waals surface area contributed by atoms with Gasteiger partial charge < -0.3 is 19.9 Å². The number of fused-ring (bicyclic) bond motifs is 3. The number of unbranched alkanes of at least 4 members (excludes halogenated alkanes) is 1. The Kier molecular flexibility index (Phi) is 7.35. The molecule has 5 rings (SSSR count). The van der Waals surface area contributed by atoms with Crippen molar-refractivity contribution in [3.8, 4) is 0 Å². The van der Waals surface area contributed by atoms with Crippen molar-refractivity contribution in [2.75, 3.05) is 38.2 Å². The van der Waals surface area contributed by atoms with Crippen LogP contribution in [0, 0.1) is 0 Å². The molecule has 0 aliphatic carbocycles. The number of allylic oxidation sites excluding steroid dienone is 1. The highest BCUT2D eigenvalue weighted by atomic mass is 35.5. The van der Waals surface area contributed by atoms with Crippen LogP contribution in [0.15, 0.2) is 64.5 Å². The lowest BCUT2D eigenvalue weighted by molar-refractivity contribution is 0.272. The van der Waals surface area contributed by atoms with Crippen LogP contribution in [-0.4, -0.2) is 56.1 Å². The lowest BCUT2D eigenvalue weighted by atomic mass is 9.97. The molecule has 186 valence electrons. The SMILES string of the molecule is CCC/C=C(/N=C(\C1=C(C)CN(c2cccc3cccc(Cl)c23)CC1)N1CC2CCC(C1)N2)OC. The van der Waals surface area contributed by atoms with Crippen molar-refractivity contribution in [2.45, 2.75) is 58.0 Å². The van der Waals surface area contributed by atoms with Gasteiger partial charge in [0.15, 0.2) is 0 Å². The number of amidine groups is 1. The van der Waals surface area contributed by atoms with Crippen LogP contribution in [0.3, 0.4) is 0 Å². The first-order valence-electron chi connectivity index (χ1n) is 13.0. The van der Waals surface area contributed by atoms with E-state index in [1.165, 1.54) is 35.1 Å². The van der Waals surface area contributed by atoms with E-state index < -0.39 is 0 Å². The van der Waals surface area contributed by atoms with Crippen molar-refractivity contribution in [2.24, 2.45) is 4.99 Å². The quantitative estimate of drug-likeness (QED) is 0.298. The Balaban J connectivity index is 1.49. The molecule has 0 aromatic heterocycles. The Hall–Kier alpha value is -2.50. The third-order valence-electron chi connectivity index (χ3n) is 7.57. The molecule has 2 bridgehead atoms. The Bertz CT molecular complexity index is 1150. The van der Waals surface area contributed by atoms with E-state index in [0.717, 1.165) is 67.6 Å². The molecule has 0 radical (unpaired) electrons. The average Bonchev–Trinajstić information content (AvgIpc) is 3.21. The summed E-state index contributed by atoms with van der Waals surface area (Å²) in [6.45, 7) is 8.29. The van der Waals surface area contributed by atoms with E-state index in [1.54, 1.807) is 7.11 Å². The molecular weight excluding hydrogens is 456 g/mol. The summed E-state index contributed by atoms with van der Waals surface area (Å²) >= 11 is 6.66. The number of hydrogen-bond donors (Lipinski definition) is 1. The lowest BCUT2D eigenvalue weighted by Crippen LogP contribution is -2.54. The normalized spacial score (nSPS) is 23.4. The van der Waals surface area contributed by atoms with Crippen LogP contribution in [0.4, 0.5) is 5.69 Å². The maximum atomic E-state index is 6.66. The van der Waals surface area contributed by atoms with Crippen LogP contribution >= 0.6 is 11.6 Å². The summed E-state index contributed by atoms with van der Waals surface area (Å²) in [7, 11) is 1.73. The molecule has 3 heterocycles. The number of aliphatic imine (C=N–C) groups is 1. The van der Waals surface area contributed by atoms with Crippen molar-refractivity contribution in [3.05, 3.63) is 64.5 Å². The summed E-state index contributed by atoms with van der Waals surface area (Å²) in [5, 5.41) is 6.91. The fourth-order valence-electron chi connectivity index (χ4n) is 5.81. The zero-order valence-electron chi connectivity index (χ0n) is 21.2. The molecule has 3 aliphatic heterocycles. The smallest absolute Gasteiger partial charge is 0.210 e. The van der Waals surface area contributed by atoms with E-state index in [0.29, 0.717) is 12.1 Å². The van der Waals surface area contributed by atoms with Crippen LogP contribution in [-0.2, 0) is 4.74 Å².